The molecule has 0 radical (unpaired) electrons. The first kappa shape index (κ1) is 16.3. The maximum absolute atomic E-state index is 6.06. The Labute approximate surface area is 132 Å². The summed E-state index contributed by atoms with van der Waals surface area (Å²) in [5.74, 6) is 0.749. The van der Waals surface area contributed by atoms with Crippen molar-refractivity contribution in [2.45, 2.75) is 58.7 Å². The van der Waals surface area contributed by atoms with E-state index in [2.05, 4.69) is 37.1 Å². The van der Waals surface area contributed by atoms with Crippen molar-refractivity contribution in [3.63, 3.8) is 0 Å². The highest BCUT2D eigenvalue weighted by Crippen LogP contribution is 2.25. The first-order valence-electron chi connectivity index (χ1n) is 7.80. The summed E-state index contributed by atoms with van der Waals surface area (Å²) in [5, 5.41) is 3.73. The first-order chi connectivity index (χ1) is 9.58. The number of thiophene rings is 1. The van der Waals surface area contributed by atoms with Crippen LogP contribution in [0.2, 0.25) is 4.34 Å². The third-order valence-electron chi connectivity index (χ3n) is 3.98. The summed E-state index contributed by atoms with van der Waals surface area (Å²) in [6, 6.07) is 5.50. The van der Waals surface area contributed by atoms with E-state index in [1.54, 1.807) is 11.3 Å². The largest absolute Gasteiger partial charge is 0.311 e. The molecule has 2 rings (SSSR count). The molecule has 2 nitrogen and oxygen atoms in total. The molecule has 0 amide bonds. The summed E-state index contributed by atoms with van der Waals surface area (Å²) >= 11 is 7.79. The molecule has 2 unspecified atom stereocenters. The fourth-order valence-electron chi connectivity index (χ4n) is 3.08. The van der Waals surface area contributed by atoms with Gasteiger partial charge in [0.1, 0.15) is 0 Å². The summed E-state index contributed by atoms with van der Waals surface area (Å²) in [6.07, 6.45) is 3.80. The van der Waals surface area contributed by atoms with E-state index in [1.807, 2.05) is 6.07 Å². The van der Waals surface area contributed by atoms with E-state index < -0.39 is 0 Å². The lowest BCUT2D eigenvalue weighted by Crippen LogP contribution is -2.56. The molecule has 0 aliphatic carbocycles. The summed E-state index contributed by atoms with van der Waals surface area (Å²) in [4.78, 5) is 4.06. The average Bonchev–Trinajstić information content (AvgIpc) is 2.78. The van der Waals surface area contributed by atoms with Crippen molar-refractivity contribution in [3.8, 4) is 0 Å². The van der Waals surface area contributed by atoms with Gasteiger partial charge in [-0.2, -0.15) is 0 Å². The van der Waals surface area contributed by atoms with Gasteiger partial charge in [0.05, 0.1) is 4.34 Å². The van der Waals surface area contributed by atoms with Gasteiger partial charge < -0.3 is 5.32 Å². The first-order valence-corrected chi connectivity index (χ1v) is 8.99. The lowest BCUT2D eigenvalue weighted by atomic mass is 9.97. The minimum Gasteiger partial charge on any atom is -0.311 e. The zero-order valence-electron chi connectivity index (χ0n) is 12.9. The van der Waals surface area contributed by atoms with Crippen LogP contribution < -0.4 is 5.32 Å². The van der Waals surface area contributed by atoms with E-state index >= 15 is 0 Å². The monoisotopic (exact) mass is 314 g/mol. The lowest BCUT2D eigenvalue weighted by molar-refractivity contribution is 0.105. The number of hydrogen-bond donors (Lipinski definition) is 1. The minimum absolute atomic E-state index is 0.652. The molecular formula is C16H27ClN2S. The van der Waals surface area contributed by atoms with Crippen molar-refractivity contribution in [3.05, 3.63) is 21.3 Å². The molecule has 0 aromatic carbocycles. The van der Waals surface area contributed by atoms with Crippen LogP contribution in [0, 0.1) is 5.92 Å². The molecule has 2 atom stereocenters. The van der Waals surface area contributed by atoms with Gasteiger partial charge in [0.15, 0.2) is 0 Å². The van der Waals surface area contributed by atoms with Gasteiger partial charge in [0, 0.05) is 36.6 Å². The second-order valence-electron chi connectivity index (χ2n) is 6.31. The van der Waals surface area contributed by atoms with E-state index in [0.717, 1.165) is 23.3 Å². The molecule has 1 saturated heterocycles. The lowest BCUT2D eigenvalue weighted by Gasteiger charge is -2.41. The van der Waals surface area contributed by atoms with Crippen LogP contribution in [0.3, 0.4) is 0 Å². The van der Waals surface area contributed by atoms with Crippen LogP contribution in [0.1, 0.15) is 44.9 Å². The molecule has 4 heteroatoms. The number of rotatable bonds is 6. The fraction of sp³-hybridized carbons (Fsp3) is 0.750. The van der Waals surface area contributed by atoms with Gasteiger partial charge in [-0.05, 0) is 30.9 Å². The number of hydrogen-bond acceptors (Lipinski definition) is 3. The van der Waals surface area contributed by atoms with Crippen molar-refractivity contribution < 1.29 is 0 Å². The van der Waals surface area contributed by atoms with Crippen molar-refractivity contribution in [1.29, 1.82) is 0 Å². The molecule has 1 N–H and O–H groups in total. The van der Waals surface area contributed by atoms with Crippen LogP contribution in [0.5, 0.6) is 0 Å². The van der Waals surface area contributed by atoms with Gasteiger partial charge in [-0.3, -0.25) is 4.90 Å². The highest BCUT2D eigenvalue weighted by molar-refractivity contribution is 7.16. The predicted molar refractivity (Wildman–Crippen MR) is 89.7 cm³/mol. The second kappa shape index (κ2) is 7.79. The van der Waals surface area contributed by atoms with Crippen LogP contribution in [0.4, 0.5) is 0 Å². The molecule has 0 spiro atoms. The Morgan fingerprint density at radius 1 is 1.45 bits per heavy atom. The number of nitrogens with zero attached hydrogens (tertiary/aromatic N) is 1. The van der Waals surface area contributed by atoms with E-state index in [9.17, 15) is 0 Å². The molecular weight excluding hydrogens is 288 g/mol. The van der Waals surface area contributed by atoms with Crippen LogP contribution in [0.25, 0.3) is 0 Å². The van der Waals surface area contributed by atoms with Crippen molar-refractivity contribution in [2.24, 2.45) is 5.92 Å². The topological polar surface area (TPSA) is 15.3 Å². The van der Waals surface area contributed by atoms with Gasteiger partial charge >= 0.3 is 0 Å². The maximum Gasteiger partial charge on any atom is 0.0931 e. The van der Waals surface area contributed by atoms with Crippen molar-refractivity contribution in [2.75, 3.05) is 13.1 Å². The van der Waals surface area contributed by atoms with Gasteiger partial charge in [0.25, 0.3) is 0 Å². The molecule has 1 aliphatic rings. The zero-order chi connectivity index (χ0) is 14.5. The Morgan fingerprint density at radius 2 is 2.25 bits per heavy atom. The molecule has 1 fully saturated rings. The molecule has 0 bridgehead atoms. The average molecular weight is 315 g/mol. The Kier molecular flexibility index (Phi) is 6.34. The summed E-state index contributed by atoms with van der Waals surface area (Å²) in [5.41, 5.74) is 0. The Bertz CT molecular complexity index is 405. The molecule has 114 valence electrons. The van der Waals surface area contributed by atoms with Crippen molar-refractivity contribution >= 4 is 22.9 Å². The third kappa shape index (κ3) is 4.73. The highest BCUT2D eigenvalue weighted by atomic mass is 35.5. The maximum atomic E-state index is 6.06. The van der Waals surface area contributed by atoms with Crippen LogP contribution in [0.15, 0.2) is 12.1 Å². The Hall–Kier alpha value is -0.0900. The zero-order valence-corrected chi connectivity index (χ0v) is 14.4. The number of nitrogens with one attached hydrogen (secondary N) is 1. The van der Waals surface area contributed by atoms with Gasteiger partial charge in [-0.15, -0.1) is 11.3 Å². The smallest absolute Gasteiger partial charge is 0.0931 e. The highest BCUT2D eigenvalue weighted by Gasteiger charge is 2.28. The standard InChI is InChI=1S/C16H27ClN2S/c1-4-5-13-10-19(11-15-6-7-16(17)20-15)14(9-18-13)8-12(2)3/h6-7,12-14,18H,4-5,8-11H2,1-3H3. The molecule has 0 saturated carbocycles. The Balaban J connectivity index is 2.00. The van der Waals surface area contributed by atoms with Crippen LogP contribution >= 0.6 is 22.9 Å². The Morgan fingerprint density at radius 3 is 2.85 bits per heavy atom. The summed E-state index contributed by atoms with van der Waals surface area (Å²) < 4.78 is 0.903. The SMILES string of the molecule is CCCC1CN(Cc2ccc(Cl)s2)C(CC(C)C)CN1. The number of piperazine rings is 1. The van der Waals surface area contributed by atoms with Gasteiger partial charge in [0.2, 0.25) is 0 Å². The molecule has 1 aromatic rings. The predicted octanol–water partition coefficient (Wildman–Crippen LogP) is 4.39. The second-order valence-corrected chi connectivity index (χ2v) is 8.11. The normalized spacial score (nSPS) is 24.4. The van der Waals surface area contributed by atoms with Gasteiger partial charge in [-0.25, -0.2) is 0 Å². The molecule has 1 aliphatic heterocycles. The van der Waals surface area contributed by atoms with Gasteiger partial charge in [-0.1, -0.05) is 38.8 Å². The number of halogens is 1. The molecule has 2 heterocycles. The van der Waals surface area contributed by atoms with Crippen molar-refractivity contribution in [1.82, 2.24) is 10.2 Å². The van der Waals surface area contributed by atoms with E-state index in [-0.39, 0.29) is 0 Å². The van der Waals surface area contributed by atoms with Crippen LogP contribution in [-0.4, -0.2) is 30.1 Å². The summed E-state index contributed by atoms with van der Waals surface area (Å²) in [7, 11) is 0. The molecule has 1 aromatic heterocycles. The quantitative estimate of drug-likeness (QED) is 0.837. The minimum atomic E-state index is 0.652. The van der Waals surface area contributed by atoms with E-state index in [1.165, 1.54) is 30.7 Å². The fourth-order valence-corrected chi connectivity index (χ4v) is 4.19. The summed E-state index contributed by atoms with van der Waals surface area (Å²) in [6.45, 7) is 10.3. The van der Waals surface area contributed by atoms with E-state index in [4.69, 9.17) is 11.6 Å². The van der Waals surface area contributed by atoms with E-state index in [0.29, 0.717) is 12.1 Å². The van der Waals surface area contributed by atoms with Crippen LogP contribution in [-0.2, 0) is 6.54 Å². The third-order valence-corrected chi connectivity index (χ3v) is 5.20. The molecule has 20 heavy (non-hydrogen) atoms.